The maximum absolute atomic E-state index is 5.82. The van der Waals surface area contributed by atoms with Crippen LogP contribution in [-0.4, -0.2) is 5.33 Å². The molecule has 0 fully saturated rings. The summed E-state index contributed by atoms with van der Waals surface area (Å²) in [5.41, 5.74) is 3.92. The van der Waals surface area contributed by atoms with Gasteiger partial charge >= 0.3 is 0 Å². The molecule has 2 heteroatoms. The maximum atomic E-state index is 5.82. The molecule has 2 rings (SSSR count). The van der Waals surface area contributed by atoms with Crippen LogP contribution < -0.4 is 4.74 Å². The smallest absolute Gasteiger partial charge is 0.120 e. The van der Waals surface area contributed by atoms with E-state index in [1.54, 1.807) is 0 Å². The summed E-state index contributed by atoms with van der Waals surface area (Å²) < 4.78 is 5.82. The Morgan fingerprint density at radius 1 is 1.05 bits per heavy atom. The molecule has 0 atom stereocenters. The van der Waals surface area contributed by atoms with Crippen molar-refractivity contribution < 1.29 is 4.74 Å². The van der Waals surface area contributed by atoms with Gasteiger partial charge in [-0.15, -0.1) is 0 Å². The molecule has 0 aliphatic heterocycles. The lowest BCUT2D eigenvalue weighted by Crippen LogP contribution is -1.97. The fourth-order valence-electron chi connectivity index (χ4n) is 2.04. The van der Waals surface area contributed by atoms with E-state index in [9.17, 15) is 0 Å². The standard InChI is InChI=1S/C17H19BrO/c1-14-12-17(10-9-16(14)8-5-11-18)19-13-15-6-3-2-4-7-15/h2-4,6-7,9-10,12H,5,8,11,13H2,1H3. The SMILES string of the molecule is Cc1cc(OCc2ccccc2)ccc1CCCBr. The molecule has 0 N–H and O–H groups in total. The van der Waals surface area contributed by atoms with Crippen molar-refractivity contribution in [1.29, 1.82) is 0 Å². The minimum absolute atomic E-state index is 0.626. The second-order valence-electron chi connectivity index (χ2n) is 4.66. The average Bonchev–Trinajstić information content (AvgIpc) is 2.45. The summed E-state index contributed by atoms with van der Waals surface area (Å²) in [5.74, 6) is 0.948. The molecule has 0 heterocycles. The highest BCUT2D eigenvalue weighted by Crippen LogP contribution is 2.19. The zero-order valence-corrected chi connectivity index (χ0v) is 12.8. The van der Waals surface area contributed by atoms with E-state index in [0.717, 1.165) is 17.5 Å². The van der Waals surface area contributed by atoms with Crippen LogP contribution in [0, 0.1) is 6.92 Å². The van der Waals surface area contributed by atoms with E-state index in [-0.39, 0.29) is 0 Å². The molecule has 0 aliphatic rings. The van der Waals surface area contributed by atoms with E-state index in [1.807, 2.05) is 18.2 Å². The second-order valence-corrected chi connectivity index (χ2v) is 5.45. The zero-order chi connectivity index (χ0) is 13.5. The Hall–Kier alpha value is -1.28. The Bertz CT molecular complexity index is 508. The van der Waals surface area contributed by atoms with E-state index in [1.165, 1.54) is 23.1 Å². The predicted octanol–water partition coefficient (Wildman–Crippen LogP) is 4.90. The first-order valence-electron chi connectivity index (χ1n) is 6.62. The van der Waals surface area contributed by atoms with Gasteiger partial charge in [0.1, 0.15) is 12.4 Å². The Morgan fingerprint density at radius 2 is 1.84 bits per heavy atom. The molecule has 2 aromatic rings. The Kier molecular flexibility index (Phi) is 5.46. The highest BCUT2D eigenvalue weighted by Gasteiger charge is 2.01. The minimum atomic E-state index is 0.626. The highest BCUT2D eigenvalue weighted by atomic mass is 79.9. The van der Waals surface area contributed by atoms with Crippen LogP contribution in [0.25, 0.3) is 0 Å². The molecule has 0 radical (unpaired) electrons. The third kappa shape index (κ3) is 4.39. The number of rotatable bonds is 6. The van der Waals surface area contributed by atoms with E-state index in [2.05, 4.69) is 53.2 Å². The summed E-state index contributed by atoms with van der Waals surface area (Å²) in [6.07, 6.45) is 2.29. The van der Waals surface area contributed by atoms with E-state index in [0.29, 0.717) is 6.61 Å². The van der Waals surface area contributed by atoms with Crippen molar-refractivity contribution in [1.82, 2.24) is 0 Å². The quantitative estimate of drug-likeness (QED) is 0.688. The van der Waals surface area contributed by atoms with Crippen LogP contribution in [0.2, 0.25) is 0 Å². The molecule has 0 spiro atoms. The zero-order valence-electron chi connectivity index (χ0n) is 11.2. The summed E-state index contributed by atoms with van der Waals surface area (Å²) in [7, 11) is 0. The van der Waals surface area contributed by atoms with Crippen molar-refractivity contribution in [3.63, 3.8) is 0 Å². The molecular formula is C17H19BrO. The molecule has 19 heavy (non-hydrogen) atoms. The van der Waals surface area contributed by atoms with Gasteiger partial charge in [0.15, 0.2) is 0 Å². The summed E-state index contributed by atoms with van der Waals surface area (Å²) >= 11 is 3.47. The lowest BCUT2D eigenvalue weighted by Gasteiger charge is -2.10. The monoisotopic (exact) mass is 318 g/mol. The van der Waals surface area contributed by atoms with Gasteiger partial charge in [0.2, 0.25) is 0 Å². The van der Waals surface area contributed by atoms with Crippen molar-refractivity contribution in [2.75, 3.05) is 5.33 Å². The van der Waals surface area contributed by atoms with Gasteiger partial charge in [0.25, 0.3) is 0 Å². The average molecular weight is 319 g/mol. The van der Waals surface area contributed by atoms with Gasteiger partial charge < -0.3 is 4.74 Å². The Morgan fingerprint density at radius 3 is 2.53 bits per heavy atom. The van der Waals surface area contributed by atoms with Crippen molar-refractivity contribution in [2.24, 2.45) is 0 Å². The molecule has 0 saturated carbocycles. The largest absolute Gasteiger partial charge is 0.489 e. The number of benzene rings is 2. The highest BCUT2D eigenvalue weighted by molar-refractivity contribution is 9.09. The van der Waals surface area contributed by atoms with Gasteiger partial charge in [-0.25, -0.2) is 0 Å². The van der Waals surface area contributed by atoms with E-state index < -0.39 is 0 Å². The molecule has 0 aromatic heterocycles. The molecule has 2 aromatic carbocycles. The van der Waals surface area contributed by atoms with Crippen molar-refractivity contribution in [3.8, 4) is 5.75 Å². The normalized spacial score (nSPS) is 10.4. The summed E-state index contributed by atoms with van der Waals surface area (Å²) in [5, 5.41) is 1.05. The van der Waals surface area contributed by atoms with Gasteiger partial charge in [0.05, 0.1) is 0 Å². The number of hydrogen-bond donors (Lipinski definition) is 0. The van der Waals surface area contributed by atoms with Crippen LogP contribution in [0.4, 0.5) is 0 Å². The van der Waals surface area contributed by atoms with E-state index >= 15 is 0 Å². The number of halogens is 1. The first-order chi connectivity index (χ1) is 9.29. The van der Waals surface area contributed by atoms with Crippen LogP contribution >= 0.6 is 15.9 Å². The first kappa shape index (κ1) is 14.1. The second kappa shape index (κ2) is 7.34. The van der Waals surface area contributed by atoms with E-state index in [4.69, 9.17) is 4.74 Å². The topological polar surface area (TPSA) is 9.23 Å². The number of hydrogen-bond acceptors (Lipinski definition) is 1. The summed E-state index contributed by atoms with van der Waals surface area (Å²) in [6.45, 7) is 2.78. The fraction of sp³-hybridized carbons (Fsp3) is 0.294. The molecule has 0 bridgehead atoms. The molecule has 1 nitrogen and oxygen atoms in total. The number of alkyl halides is 1. The lowest BCUT2D eigenvalue weighted by molar-refractivity contribution is 0.306. The third-order valence-corrected chi connectivity index (χ3v) is 3.70. The first-order valence-corrected chi connectivity index (χ1v) is 7.74. The maximum Gasteiger partial charge on any atom is 0.120 e. The van der Waals surface area contributed by atoms with Crippen LogP contribution in [0.5, 0.6) is 5.75 Å². The molecule has 0 unspecified atom stereocenters. The van der Waals surface area contributed by atoms with Crippen molar-refractivity contribution in [2.45, 2.75) is 26.4 Å². The summed E-state index contributed by atoms with van der Waals surface area (Å²) in [6, 6.07) is 16.6. The van der Waals surface area contributed by atoms with Gasteiger partial charge in [-0.3, -0.25) is 0 Å². The fourth-order valence-corrected chi connectivity index (χ4v) is 2.32. The number of aryl methyl sites for hydroxylation is 2. The van der Waals surface area contributed by atoms with Crippen LogP contribution in [0.3, 0.4) is 0 Å². The molecule has 0 saturated heterocycles. The van der Waals surface area contributed by atoms with Gasteiger partial charge in [-0.1, -0.05) is 52.3 Å². The van der Waals surface area contributed by atoms with Gasteiger partial charge in [-0.05, 0) is 48.6 Å². The van der Waals surface area contributed by atoms with Crippen LogP contribution in [0.1, 0.15) is 23.1 Å². The predicted molar refractivity (Wildman–Crippen MR) is 84.1 cm³/mol. The van der Waals surface area contributed by atoms with Crippen molar-refractivity contribution >= 4 is 15.9 Å². The van der Waals surface area contributed by atoms with Crippen LogP contribution in [-0.2, 0) is 13.0 Å². The Balaban J connectivity index is 1.96. The summed E-state index contributed by atoms with van der Waals surface area (Å²) in [4.78, 5) is 0. The van der Waals surface area contributed by atoms with Gasteiger partial charge in [-0.2, -0.15) is 0 Å². The molecule has 100 valence electrons. The lowest BCUT2D eigenvalue weighted by atomic mass is 10.0. The molecular weight excluding hydrogens is 300 g/mol. The minimum Gasteiger partial charge on any atom is -0.489 e. The number of ether oxygens (including phenoxy) is 1. The van der Waals surface area contributed by atoms with Crippen molar-refractivity contribution in [3.05, 3.63) is 65.2 Å². The molecule has 0 amide bonds. The Labute approximate surface area is 123 Å². The third-order valence-electron chi connectivity index (χ3n) is 3.14. The van der Waals surface area contributed by atoms with Crippen LogP contribution in [0.15, 0.2) is 48.5 Å². The van der Waals surface area contributed by atoms with Gasteiger partial charge in [0, 0.05) is 5.33 Å². The molecule has 0 aliphatic carbocycles.